The summed E-state index contributed by atoms with van der Waals surface area (Å²) in [6.07, 6.45) is 2.70. The maximum atomic E-state index is 11.2. The number of amides is 1. The molecule has 0 aliphatic carbocycles. The van der Waals surface area contributed by atoms with Gasteiger partial charge in [0.1, 0.15) is 0 Å². The zero-order valence-corrected chi connectivity index (χ0v) is 8.57. The molecule has 0 fully saturated rings. The highest BCUT2D eigenvalue weighted by Gasteiger charge is 2.11. The summed E-state index contributed by atoms with van der Waals surface area (Å²) in [5, 5.41) is 11.8. The van der Waals surface area contributed by atoms with E-state index < -0.39 is 0 Å². The second kappa shape index (κ2) is 6.21. The van der Waals surface area contributed by atoms with Gasteiger partial charge >= 0.3 is 0 Å². The first kappa shape index (κ1) is 11.7. The Morgan fingerprint density at radius 1 is 1.67 bits per heavy atom. The Hall–Kier alpha value is -1.33. The van der Waals surface area contributed by atoms with Crippen molar-refractivity contribution < 1.29 is 9.90 Å². The number of H-pyrrole nitrogens is 1. The lowest BCUT2D eigenvalue weighted by Crippen LogP contribution is -2.39. The van der Waals surface area contributed by atoms with Crippen LogP contribution in [-0.2, 0) is 11.2 Å². The van der Waals surface area contributed by atoms with Crippen molar-refractivity contribution >= 4 is 5.91 Å². The van der Waals surface area contributed by atoms with Gasteiger partial charge in [0.25, 0.3) is 0 Å². The van der Waals surface area contributed by atoms with E-state index >= 15 is 0 Å². The Morgan fingerprint density at radius 2 is 2.47 bits per heavy atom. The third-order valence-corrected chi connectivity index (χ3v) is 2.09. The second-order valence-corrected chi connectivity index (χ2v) is 3.39. The van der Waals surface area contributed by atoms with E-state index in [0.717, 1.165) is 5.69 Å². The van der Waals surface area contributed by atoms with E-state index in [1.165, 1.54) is 0 Å². The van der Waals surface area contributed by atoms with Crippen molar-refractivity contribution in [2.24, 2.45) is 5.73 Å². The number of aromatic nitrogens is 1. The number of aliphatic hydroxyl groups excluding tert-OH is 1. The molecule has 1 rings (SSSR count). The minimum Gasteiger partial charge on any atom is -0.394 e. The molecule has 1 atom stereocenters. The number of hydrogen-bond acceptors (Lipinski definition) is 3. The molecule has 1 heterocycles. The average molecular weight is 211 g/mol. The van der Waals surface area contributed by atoms with Gasteiger partial charge in [0.05, 0.1) is 12.6 Å². The molecule has 5 nitrogen and oxygen atoms in total. The standard InChI is InChI=1S/C10H17N3O2/c11-4-3-10(15)13-9(7-14)6-8-2-1-5-12-8/h1-2,5,9,12,14H,3-4,6-7,11H2,(H,13,15)/t9-/m0/s1. The molecular formula is C10H17N3O2. The summed E-state index contributed by atoms with van der Waals surface area (Å²) in [7, 11) is 0. The van der Waals surface area contributed by atoms with Crippen LogP contribution in [0.1, 0.15) is 12.1 Å². The number of aliphatic hydroxyl groups is 1. The van der Waals surface area contributed by atoms with E-state index in [1.807, 2.05) is 18.3 Å². The number of carbonyl (C=O) groups excluding carboxylic acids is 1. The second-order valence-electron chi connectivity index (χ2n) is 3.39. The number of hydrogen-bond donors (Lipinski definition) is 4. The maximum Gasteiger partial charge on any atom is 0.221 e. The van der Waals surface area contributed by atoms with Crippen LogP contribution in [0.25, 0.3) is 0 Å². The van der Waals surface area contributed by atoms with Crippen LogP contribution in [0, 0.1) is 0 Å². The van der Waals surface area contributed by atoms with Gasteiger partial charge in [-0.25, -0.2) is 0 Å². The van der Waals surface area contributed by atoms with Gasteiger partial charge in [0, 0.05) is 31.3 Å². The minimum absolute atomic E-state index is 0.0741. The van der Waals surface area contributed by atoms with Gasteiger partial charge in [-0.1, -0.05) is 0 Å². The fraction of sp³-hybridized carbons (Fsp3) is 0.500. The Bertz CT molecular complexity index is 285. The average Bonchev–Trinajstić information content (AvgIpc) is 2.70. The molecule has 1 aromatic heterocycles. The van der Waals surface area contributed by atoms with E-state index in [9.17, 15) is 4.79 Å². The van der Waals surface area contributed by atoms with Crippen LogP contribution in [0.2, 0.25) is 0 Å². The smallest absolute Gasteiger partial charge is 0.221 e. The van der Waals surface area contributed by atoms with Crippen molar-refractivity contribution in [3.63, 3.8) is 0 Å². The molecule has 1 amide bonds. The van der Waals surface area contributed by atoms with Crippen LogP contribution in [-0.4, -0.2) is 35.2 Å². The van der Waals surface area contributed by atoms with E-state index in [-0.39, 0.29) is 18.6 Å². The molecule has 0 unspecified atom stereocenters. The highest BCUT2D eigenvalue weighted by Crippen LogP contribution is 2.00. The van der Waals surface area contributed by atoms with E-state index in [4.69, 9.17) is 10.8 Å². The normalized spacial score (nSPS) is 12.4. The Kier molecular flexibility index (Phi) is 4.86. The van der Waals surface area contributed by atoms with Crippen LogP contribution in [0.5, 0.6) is 0 Å². The summed E-state index contributed by atoms with van der Waals surface area (Å²) in [5.41, 5.74) is 6.24. The number of aromatic amines is 1. The number of nitrogens with one attached hydrogen (secondary N) is 2. The number of rotatable bonds is 6. The molecule has 0 saturated heterocycles. The van der Waals surface area contributed by atoms with Crippen molar-refractivity contribution in [1.29, 1.82) is 0 Å². The van der Waals surface area contributed by atoms with Gasteiger partial charge in [-0.05, 0) is 12.1 Å². The highest BCUT2D eigenvalue weighted by molar-refractivity contribution is 5.76. The van der Waals surface area contributed by atoms with Crippen molar-refractivity contribution in [3.8, 4) is 0 Å². The fourth-order valence-electron chi connectivity index (χ4n) is 1.35. The van der Waals surface area contributed by atoms with Gasteiger partial charge in [-0.15, -0.1) is 0 Å². The van der Waals surface area contributed by atoms with E-state index in [1.54, 1.807) is 0 Å². The molecular weight excluding hydrogens is 194 g/mol. The summed E-state index contributed by atoms with van der Waals surface area (Å²) in [6.45, 7) is 0.252. The van der Waals surface area contributed by atoms with Gasteiger partial charge < -0.3 is 21.1 Å². The molecule has 84 valence electrons. The monoisotopic (exact) mass is 211 g/mol. The molecule has 0 aromatic carbocycles. The topological polar surface area (TPSA) is 91.1 Å². The van der Waals surface area contributed by atoms with E-state index in [2.05, 4.69) is 10.3 Å². The Morgan fingerprint density at radius 3 is 3.00 bits per heavy atom. The molecule has 0 aliphatic rings. The zero-order valence-electron chi connectivity index (χ0n) is 8.57. The third kappa shape index (κ3) is 4.14. The summed E-state index contributed by atoms with van der Waals surface area (Å²) in [6, 6.07) is 3.55. The quantitative estimate of drug-likeness (QED) is 0.505. The summed E-state index contributed by atoms with van der Waals surface area (Å²) in [4.78, 5) is 14.2. The van der Waals surface area contributed by atoms with E-state index in [0.29, 0.717) is 19.4 Å². The van der Waals surface area contributed by atoms with Crippen molar-refractivity contribution in [1.82, 2.24) is 10.3 Å². The third-order valence-electron chi connectivity index (χ3n) is 2.09. The van der Waals surface area contributed by atoms with Crippen LogP contribution < -0.4 is 11.1 Å². The fourth-order valence-corrected chi connectivity index (χ4v) is 1.35. The molecule has 5 N–H and O–H groups in total. The number of nitrogens with two attached hydrogens (primary N) is 1. The molecule has 0 saturated carbocycles. The summed E-state index contributed by atoms with van der Waals surface area (Å²) >= 11 is 0. The molecule has 0 radical (unpaired) electrons. The van der Waals surface area contributed by atoms with Crippen LogP contribution in [0.15, 0.2) is 18.3 Å². The van der Waals surface area contributed by atoms with Crippen LogP contribution in [0.4, 0.5) is 0 Å². The van der Waals surface area contributed by atoms with Crippen LogP contribution >= 0.6 is 0 Å². The van der Waals surface area contributed by atoms with Gasteiger partial charge in [0.2, 0.25) is 5.91 Å². The lowest BCUT2D eigenvalue weighted by molar-refractivity contribution is -0.121. The lowest BCUT2D eigenvalue weighted by Gasteiger charge is -2.15. The SMILES string of the molecule is NCCC(=O)N[C@H](CO)Cc1ccc[nH]1. The summed E-state index contributed by atoms with van der Waals surface area (Å²) in [5.74, 6) is -0.122. The van der Waals surface area contributed by atoms with Gasteiger partial charge in [-0.2, -0.15) is 0 Å². The molecule has 0 bridgehead atoms. The molecule has 5 heteroatoms. The lowest BCUT2D eigenvalue weighted by atomic mass is 10.1. The van der Waals surface area contributed by atoms with Gasteiger partial charge in [0.15, 0.2) is 0 Å². The Balaban J connectivity index is 2.39. The minimum atomic E-state index is -0.248. The van der Waals surface area contributed by atoms with Gasteiger partial charge in [-0.3, -0.25) is 4.79 Å². The largest absolute Gasteiger partial charge is 0.394 e. The summed E-state index contributed by atoms with van der Waals surface area (Å²) < 4.78 is 0. The number of carbonyl (C=O) groups is 1. The maximum absolute atomic E-state index is 11.2. The van der Waals surface area contributed by atoms with Crippen molar-refractivity contribution in [3.05, 3.63) is 24.0 Å². The molecule has 0 spiro atoms. The van der Waals surface area contributed by atoms with Crippen molar-refractivity contribution in [2.75, 3.05) is 13.2 Å². The predicted octanol–water partition coefficient (Wildman–Crippen LogP) is -0.617. The molecule has 1 aromatic rings. The first-order chi connectivity index (χ1) is 7.26. The first-order valence-corrected chi connectivity index (χ1v) is 4.98. The molecule has 15 heavy (non-hydrogen) atoms. The van der Waals surface area contributed by atoms with Crippen LogP contribution in [0.3, 0.4) is 0 Å². The first-order valence-electron chi connectivity index (χ1n) is 4.98. The Labute approximate surface area is 88.7 Å². The predicted molar refractivity (Wildman–Crippen MR) is 57.2 cm³/mol. The highest BCUT2D eigenvalue weighted by atomic mass is 16.3. The zero-order chi connectivity index (χ0) is 11.1. The molecule has 0 aliphatic heterocycles. The van der Waals surface area contributed by atoms with Crippen molar-refractivity contribution in [2.45, 2.75) is 18.9 Å².